The van der Waals surface area contributed by atoms with Gasteiger partial charge < -0.3 is 19.4 Å². The van der Waals surface area contributed by atoms with E-state index in [4.69, 9.17) is 21.1 Å². The molecule has 9 heteroatoms. The number of amides is 2. The van der Waals surface area contributed by atoms with Gasteiger partial charge in [0.2, 0.25) is 0 Å². The molecule has 0 spiro atoms. The van der Waals surface area contributed by atoms with E-state index in [0.29, 0.717) is 32.9 Å². The Balaban J connectivity index is 1.75. The van der Waals surface area contributed by atoms with E-state index in [1.165, 1.54) is 16.6 Å². The molecule has 0 fully saturated rings. The van der Waals surface area contributed by atoms with Gasteiger partial charge >= 0.3 is 12.0 Å². The van der Waals surface area contributed by atoms with Crippen LogP contribution >= 0.6 is 11.6 Å². The monoisotopic (exact) mass is 547 g/mol. The number of hydrogen-bond acceptors (Lipinski definition) is 5. The van der Waals surface area contributed by atoms with Crippen LogP contribution < -0.4 is 20.5 Å². The Morgan fingerprint density at radius 2 is 1.74 bits per heavy atom. The zero-order valence-corrected chi connectivity index (χ0v) is 23.0. The minimum atomic E-state index is -0.585. The number of pyridine rings is 1. The van der Waals surface area contributed by atoms with E-state index in [9.17, 15) is 14.4 Å². The Kier molecular flexibility index (Phi) is 8.56. The number of esters is 1. The Morgan fingerprint density at radius 3 is 2.44 bits per heavy atom. The summed E-state index contributed by atoms with van der Waals surface area (Å²) in [7, 11) is 2.93. The van der Waals surface area contributed by atoms with Gasteiger partial charge in [0.1, 0.15) is 12.3 Å². The van der Waals surface area contributed by atoms with Crippen LogP contribution in [-0.4, -0.2) is 36.3 Å². The van der Waals surface area contributed by atoms with Gasteiger partial charge in [0, 0.05) is 40.5 Å². The molecule has 0 atom stereocenters. The molecule has 0 saturated carbocycles. The average Bonchev–Trinajstić information content (AvgIpc) is 2.92. The predicted molar refractivity (Wildman–Crippen MR) is 153 cm³/mol. The topological polar surface area (TPSA) is 89.9 Å². The first kappa shape index (κ1) is 27.7. The molecule has 202 valence electrons. The third-order valence-corrected chi connectivity index (χ3v) is 6.45. The number of fused-ring (bicyclic) bond motifs is 1. The Bertz CT molecular complexity index is 1570. The first-order valence-electron chi connectivity index (χ1n) is 12.4. The fraction of sp³-hybridized carbons (Fsp3) is 0.233. The lowest BCUT2D eigenvalue weighted by molar-refractivity contribution is -0.138. The summed E-state index contributed by atoms with van der Waals surface area (Å²) in [6.45, 7) is 3.50. The first-order valence-corrected chi connectivity index (χ1v) is 12.8. The van der Waals surface area contributed by atoms with Gasteiger partial charge in [-0.25, -0.2) is 4.79 Å². The van der Waals surface area contributed by atoms with E-state index in [2.05, 4.69) is 5.32 Å². The van der Waals surface area contributed by atoms with Crippen LogP contribution in [0.4, 0.5) is 10.5 Å². The van der Waals surface area contributed by atoms with Gasteiger partial charge in [0.25, 0.3) is 5.56 Å². The number of nitrogens with zero attached hydrogens (tertiary/aromatic N) is 2. The number of ether oxygens (including phenoxy) is 2. The molecule has 4 rings (SSSR count). The summed E-state index contributed by atoms with van der Waals surface area (Å²) in [6.07, 6.45) is -0.0674. The maximum Gasteiger partial charge on any atom is 0.325 e. The van der Waals surface area contributed by atoms with E-state index in [0.717, 1.165) is 11.1 Å². The Morgan fingerprint density at radius 1 is 1.00 bits per heavy atom. The molecular weight excluding hydrogens is 518 g/mol. The van der Waals surface area contributed by atoms with Gasteiger partial charge in [0.05, 0.1) is 19.8 Å². The number of methoxy groups -OCH3 is 1. The molecule has 1 N–H and O–H groups in total. The lowest BCUT2D eigenvalue weighted by atomic mass is 9.96. The lowest BCUT2D eigenvalue weighted by Crippen LogP contribution is -2.43. The summed E-state index contributed by atoms with van der Waals surface area (Å²) in [5.74, 6) is -0.0246. The molecule has 0 radical (unpaired) electrons. The fourth-order valence-electron chi connectivity index (χ4n) is 4.40. The molecule has 0 saturated heterocycles. The minimum Gasteiger partial charge on any atom is -0.491 e. The molecule has 0 aliphatic rings. The van der Waals surface area contributed by atoms with Gasteiger partial charge in [-0.1, -0.05) is 48.0 Å². The zero-order chi connectivity index (χ0) is 28.1. The summed E-state index contributed by atoms with van der Waals surface area (Å²) in [5, 5.41) is 4.59. The number of aromatic nitrogens is 1. The number of anilines is 1. The van der Waals surface area contributed by atoms with Crippen LogP contribution in [0.25, 0.3) is 21.9 Å². The van der Waals surface area contributed by atoms with Gasteiger partial charge in [0.15, 0.2) is 0 Å². The number of urea groups is 1. The minimum absolute atomic E-state index is 0.0110. The summed E-state index contributed by atoms with van der Waals surface area (Å²) >= 11 is 6.33. The zero-order valence-electron chi connectivity index (χ0n) is 22.2. The van der Waals surface area contributed by atoms with E-state index >= 15 is 0 Å². The van der Waals surface area contributed by atoms with Crippen molar-refractivity contribution in [3.63, 3.8) is 0 Å². The second-order valence-corrected chi connectivity index (χ2v) is 9.66. The fourth-order valence-corrected chi connectivity index (χ4v) is 4.57. The highest BCUT2D eigenvalue weighted by Crippen LogP contribution is 2.32. The van der Waals surface area contributed by atoms with E-state index in [-0.39, 0.29) is 24.8 Å². The van der Waals surface area contributed by atoms with Gasteiger partial charge in [-0.3, -0.25) is 14.5 Å². The second kappa shape index (κ2) is 12.0. The van der Waals surface area contributed by atoms with Crippen LogP contribution in [0.3, 0.4) is 0 Å². The van der Waals surface area contributed by atoms with Gasteiger partial charge in [-0.05, 0) is 55.1 Å². The average molecular weight is 548 g/mol. The van der Waals surface area contributed by atoms with Crippen LogP contribution in [0, 0.1) is 0 Å². The molecule has 0 bridgehead atoms. The standard InChI is InChI=1S/C30H30ClN3O5/c1-19(2)39-23-12-8-11-22(16-23)34(18-27(35)38-4)30(37)32-17-26-28(20-9-6-5-7-10-20)25-15-21(31)13-14-24(25)29(36)33(26)3/h5-16,19H,17-18H2,1-4H3,(H,32,37). The Hall–Kier alpha value is -4.30. The number of nitrogens with one attached hydrogen (secondary N) is 1. The van der Waals surface area contributed by atoms with Crippen LogP contribution in [0.15, 0.2) is 77.6 Å². The van der Waals surface area contributed by atoms with Gasteiger partial charge in [-0.15, -0.1) is 0 Å². The maximum atomic E-state index is 13.5. The number of halogens is 1. The smallest absolute Gasteiger partial charge is 0.325 e. The molecule has 3 aromatic carbocycles. The normalized spacial score (nSPS) is 10.9. The number of hydrogen-bond donors (Lipinski definition) is 1. The van der Waals surface area contributed by atoms with Crippen molar-refractivity contribution in [1.29, 1.82) is 0 Å². The van der Waals surface area contributed by atoms with Crippen molar-refractivity contribution >= 4 is 40.1 Å². The van der Waals surface area contributed by atoms with Crippen LogP contribution in [0.2, 0.25) is 5.02 Å². The molecule has 8 nitrogen and oxygen atoms in total. The van der Waals surface area contributed by atoms with Crippen molar-refractivity contribution in [2.24, 2.45) is 7.05 Å². The van der Waals surface area contributed by atoms with Crippen LogP contribution in [0.5, 0.6) is 5.75 Å². The summed E-state index contributed by atoms with van der Waals surface area (Å²) < 4.78 is 12.1. The molecule has 0 aliphatic heterocycles. The van der Waals surface area contributed by atoms with Crippen molar-refractivity contribution in [2.75, 3.05) is 18.6 Å². The third kappa shape index (κ3) is 6.23. The Labute approximate surface area is 231 Å². The third-order valence-electron chi connectivity index (χ3n) is 6.21. The summed E-state index contributed by atoms with van der Waals surface area (Å²) in [5.41, 5.74) is 2.48. The van der Waals surface area contributed by atoms with Crippen LogP contribution in [-0.2, 0) is 23.1 Å². The van der Waals surface area contributed by atoms with Crippen LogP contribution in [0.1, 0.15) is 19.5 Å². The predicted octanol–water partition coefficient (Wildman–Crippen LogP) is 5.54. The molecule has 1 heterocycles. The molecule has 0 aliphatic carbocycles. The highest BCUT2D eigenvalue weighted by atomic mass is 35.5. The summed E-state index contributed by atoms with van der Waals surface area (Å²) in [4.78, 5) is 40.3. The largest absolute Gasteiger partial charge is 0.491 e. The molecule has 0 unspecified atom stereocenters. The molecule has 1 aromatic heterocycles. The summed E-state index contributed by atoms with van der Waals surface area (Å²) in [6, 6.07) is 21.1. The van der Waals surface area contributed by atoms with Crippen molar-refractivity contribution < 1.29 is 19.1 Å². The van der Waals surface area contributed by atoms with Crippen molar-refractivity contribution in [2.45, 2.75) is 26.5 Å². The SMILES string of the molecule is COC(=O)CN(C(=O)NCc1c(-c2ccccc2)c2cc(Cl)ccc2c(=O)n1C)c1cccc(OC(C)C)c1. The second-order valence-electron chi connectivity index (χ2n) is 9.23. The molecule has 4 aromatic rings. The molecule has 39 heavy (non-hydrogen) atoms. The van der Waals surface area contributed by atoms with Crippen molar-refractivity contribution in [3.05, 3.63) is 93.9 Å². The van der Waals surface area contributed by atoms with Crippen molar-refractivity contribution in [1.82, 2.24) is 9.88 Å². The maximum absolute atomic E-state index is 13.5. The highest BCUT2D eigenvalue weighted by Gasteiger charge is 2.22. The van der Waals surface area contributed by atoms with E-state index in [1.807, 2.05) is 44.2 Å². The first-order chi connectivity index (χ1) is 18.7. The molecular formula is C30H30ClN3O5. The van der Waals surface area contributed by atoms with Gasteiger partial charge in [-0.2, -0.15) is 0 Å². The number of benzene rings is 3. The number of carbonyl (C=O) groups excluding carboxylic acids is 2. The molecule has 2 amide bonds. The lowest BCUT2D eigenvalue weighted by Gasteiger charge is -2.24. The van der Waals surface area contributed by atoms with E-state index < -0.39 is 12.0 Å². The highest BCUT2D eigenvalue weighted by molar-refractivity contribution is 6.31. The van der Waals surface area contributed by atoms with E-state index in [1.54, 1.807) is 49.5 Å². The number of rotatable bonds is 8. The van der Waals surface area contributed by atoms with Crippen molar-refractivity contribution in [3.8, 4) is 16.9 Å². The quantitative estimate of drug-likeness (QED) is 0.293. The number of carbonyl (C=O) groups is 2.